The van der Waals surface area contributed by atoms with Crippen molar-refractivity contribution in [2.45, 2.75) is 0 Å². The van der Waals surface area contributed by atoms with Gasteiger partial charge in [-0.15, -0.1) is 6.58 Å². The maximum absolute atomic E-state index is 13.1. The summed E-state index contributed by atoms with van der Waals surface area (Å²) in [4.78, 5) is 59.5. The maximum atomic E-state index is 13.1. The van der Waals surface area contributed by atoms with Gasteiger partial charge in [-0.25, -0.2) is 9.59 Å². The zero-order chi connectivity index (χ0) is 28.1. The van der Waals surface area contributed by atoms with Gasteiger partial charge < -0.3 is 19.8 Å². The summed E-state index contributed by atoms with van der Waals surface area (Å²) < 4.78 is 5.32. The molecule has 1 fully saturated rings. The molecule has 0 aromatic heterocycles. The number of nitro groups is 1. The van der Waals surface area contributed by atoms with Crippen LogP contribution in [0.5, 0.6) is 0 Å². The molecule has 2 aromatic carbocycles. The van der Waals surface area contributed by atoms with Gasteiger partial charge >= 0.3 is 11.9 Å². The Morgan fingerprint density at radius 1 is 1.03 bits per heavy atom. The van der Waals surface area contributed by atoms with Crippen molar-refractivity contribution in [3.05, 3.63) is 94.6 Å². The average Bonchev–Trinajstić information content (AvgIpc) is 2.91. The molecule has 1 aliphatic heterocycles. The predicted octanol–water partition coefficient (Wildman–Crippen LogP) is 2.39. The fraction of sp³-hybridized carbons (Fsp3) is 0.231. The third kappa shape index (κ3) is 9.08. The Morgan fingerprint density at radius 3 is 2.16 bits per heavy atom. The minimum Gasteiger partial charge on any atom is -0.478 e. The fourth-order valence-corrected chi connectivity index (χ4v) is 3.44. The maximum Gasteiger partial charge on any atom is 0.328 e. The fourth-order valence-electron chi connectivity index (χ4n) is 3.44. The molecule has 0 unspecified atom stereocenters. The van der Waals surface area contributed by atoms with Crippen LogP contribution >= 0.6 is 0 Å². The highest BCUT2D eigenvalue weighted by Crippen LogP contribution is 2.28. The Kier molecular flexibility index (Phi) is 11.5. The molecule has 38 heavy (non-hydrogen) atoms. The number of rotatable bonds is 10. The van der Waals surface area contributed by atoms with Crippen LogP contribution in [-0.4, -0.2) is 83.1 Å². The highest BCUT2D eigenvalue weighted by molar-refractivity contribution is 6.14. The summed E-state index contributed by atoms with van der Waals surface area (Å²) in [5, 5.41) is 26.9. The molecule has 0 saturated carbocycles. The molecule has 0 bridgehead atoms. The van der Waals surface area contributed by atoms with Gasteiger partial charge in [-0.3, -0.25) is 24.6 Å². The minimum absolute atomic E-state index is 0.104. The van der Waals surface area contributed by atoms with E-state index in [1.54, 1.807) is 36.4 Å². The van der Waals surface area contributed by atoms with E-state index in [9.17, 15) is 29.3 Å². The molecule has 0 radical (unpaired) electrons. The molecule has 0 atom stereocenters. The van der Waals surface area contributed by atoms with E-state index in [0.29, 0.717) is 49.7 Å². The second-order valence-corrected chi connectivity index (χ2v) is 7.85. The summed E-state index contributed by atoms with van der Waals surface area (Å²) in [6.07, 6.45) is 2.68. The van der Waals surface area contributed by atoms with E-state index in [1.807, 2.05) is 4.90 Å². The number of hydrogen-bond acceptors (Lipinski definition) is 8. The number of carbonyl (C=O) groups excluding carboxylic acids is 2. The summed E-state index contributed by atoms with van der Waals surface area (Å²) in [6.45, 7) is 6.45. The Morgan fingerprint density at radius 2 is 1.63 bits per heavy atom. The number of nitrogens with zero attached hydrogens (tertiary/aromatic N) is 3. The second-order valence-electron chi connectivity index (χ2n) is 7.85. The summed E-state index contributed by atoms with van der Waals surface area (Å²) >= 11 is 0. The molecule has 3 rings (SSSR count). The van der Waals surface area contributed by atoms with Crippen molar-refractivity contribution in [2.24, 2.45) is 0 Å². The molecule has 1 saturated heterocycles. The van der Waals surface area contributed by atoms with Crippen LogP contribution in [0.1, 0.15) is 15.9 Å². The first-order chi connectivity index (χ1) is 18.1. The van der Waals surface area contributed by atoms with Crippen LogP contribution in [0.15, 0.2) is 73.3 Å². The Hall–Kier alpha value is -4.68. The smallest absolute Gasteiger partial charge is 0.328 e. The number of carboxylic acids is 2. The molecule has 200 valence electrons. The van der Waals surface area contributed by atoms with Gasteiger partial charge in [0.25, 0.3) is 5.69 Å². The number of amides is 1. The molecular formula is C26H27N3O9. The first-order valence-electron chi connectivity index (χ1n) is 11.4. The molecular weight excluding hydrogens is 498 g/mol. The zero-order valence-electron chi connectivity index (χ0n) is 20.4. The largest absolute Gasteiger partial charge is 0.478 e. The van der Waals surface area contributed by atoms with Crippen LogP contribution in [0, 0.1) is 10.1 Å². The van der Waals surface area contributed by atoms with Gasteiger partial charge in [0.15, 0.2) is 5.78 Å². The molecule has 1 aliphatic rings. The van der Waals surface area contributed by atoms with E-state index in [4.69, 9.17) is 14.9 Å². The highest BCUT2D eigenvalue weighted by Gasteiger charge is 2.26. The number of carboxylic acid groups (broad SMARTS) is 2. The van der Waals surface area contributed by atoms with Gasteiger partial charge in [0, 0.05) is 49.5 Å². The number of nitro benzene ring substituents is 1. The molecule has 2 aromatic rings. The van der Waals surface area contributed by atoms with Crippen LogP contribution in [0.4, 0.5) is 11.4 Å². The molecule has 1 heterocycles. The van der Waals surface area contributed by atoms with Crippen molar-refractivity contribution >= 4 is 35.0 Å². The normalized spacial score (nSPS) is 13.2. The van der Waals surface area contributed by atoms with Crippen LogP contribution in [0.25, 0.3) is 0 Å². The molecule has 0 aliphatic carbocycles. The topological polar surface area (TPSA) is 168 Å². The lowest BCUT2D eigenvalue weighted by molar-refractivity contribution is -0.384. The second kappa shape index (κ2) is 14.8. The van der Waals surface area contributed by atoms with Gasteiger partial charge in [-0.1, -0.05) is 36.4 Å². The van der Waals surface area contributed by atoms with E-state index >= 15 is 0 Å². The lowest BCUT2D eigenvalue weighted by atomic mass is 10.00. The minimum atomic E-state index is -1.26. The molecule has 12 heteroatoms. The lowest BCUT2D eigenvalue weighted by Crippen LogP contribution is -2.45. The van der Waals surface area contributed by atoms with E-state index in [-0.39, 0.29) is 36.0 Å². The molecule has 1 amide bonds. The number of ketones is 1. The quantitative estimate of drug-likeness (QED) is 0.154. The van der Waals surface area contributed by atoms with Crippen LogP contribution in [0.2, 0.25) is 0 Å². The summed E-state index contributed by atoms with van der Waals surface area (Å²) in [5.74, 6) is -3.12. The van der Waals surface area contributed by atoms with E-state index < -0.39 is 16.9 Å². The van der Waals surface area contributed by atoms with Crippen molar-refractivity contribution < 1.29 is 39.1 Å². The summed E-state index contributed by atoms with van der Waals surface area (Å²) in [7, 11) is 0. The molecule has 0 spiro atoms. The van der Waals surface area contributed by atoms with Gasteiger partial charge in [-0.2, -0.15) is 0 Å². The summed E-state index contributed by atoms with van der Waals surface area (Å²) in [5.41, 5.74) is 0.607. The third-order valence-corrected chi connectivity index (χ3v) is 5.21. The number of non-ortho nitro benzene ring substituents is 1. The zero-order valence-corrected chi connectivity index (χ0v) is 20.4. The standard InChI is InChI=1S/C22H23N3O5.C4H4O4/c1-2-10-24(21(26)16-23-11-13-30-14-12-23)20-9-8-18(25(28)29)15-19(20)22(27)17-6-4-3-5-7-17;5-3(6)1-2-4(7)8/h2-9,15H,1,10-14,16H2;1-2H,(H,5,6)(H,7,8)/b;2-1+. The van der Waals surface area contributed by atoms with Gasteiger partial charge in [0.2, 0.25) is 5.91 Å². The van der Waals surface area contributed by atoms with Crippen LogP contribution in [0.3, 0.4) is 0 Å². The summed E-state index contributed by atoms with van der Waals surface area (Å²) in [6, 6.07) is 12.5. The van der Waals surface area contributed by atoms with Crippen molar-refractivity contribution in [1.29, 1.82) is 0 Å². The lowest BCUT2D eigenvalue weighted by Gasteiger charge is -2.30. The van der Waals surface area contributed by atoms with E-state index in [2.05, 4.69) is 6.58 Å². The Balaban J connectivity index is 0.000000550. The first kappa shape index (κ1) is 29.5. The van der Waals surface area contributed by atoms with Gasteiger partial charge in [-0.05, 0) is 6.07 Å². The van der Waals surface area contributed by atoms with Crippen molar-refractivity contribution in [1.82, 2.24) is 4.90 Å². The van der Waals surface area contributed by atoms with Gasteiger partial charge in [0.05, 0.1) is 35.9 Å². The Bertz CT molecular complexity index is 1190. The number of anilines is 1. The Labute approximate surface area is 218 Å². The number of benzene rings is 2. The number of hydrogen-bond donors (Lipinski definition) is 2. The predicted molar refractivity (Wildman–Crippen MR) is 137 cm³/mol. The third-order valence-electron chi connectivity index (χ3n) is 5.21. The van der Waals surface area contributed by atoms with E-state index in [1.165, 1.54) is 23.1 Å². The van der Waals surface area contributed by atoms with E-state index in [0.717, 1.165) is 0 Å². The molecule has 12 nitrogen and oxygen atoms in total. The highest BCUT2D eigenvalue weighted by atomic mass is 16.6. The number of morpholine rings is 1. The van der Waals surface area contributed by atoms with Gasteiger partial charge in [0.1, 0.15) is 0 Å². The average molecular weight is 526 g/mol. The molecule has 2 N–H and O–H groups in total. The van der Waals surface area contributed by atoms with Crippen LogP contribution in [-0.2, 0) is 19.1 Å². The number of ether oxygens (including phenoxy) is 1. The van der Waals surface area contributed by atoms with Crippen LogP contribution < -0.4 is 4.90 Å². The number of carbonyl (C=O) groups is 4. The monoisotopic (exact) mass is 525 g/mol. The SMILES string of the molecule is C=CCN(C(=O)CN1CCOCC1)c1ccc([N+](=O)[O-])cc1C(=O)c1ccccc1.O=C(O)/C=C/C(=O)O. The van der Waals surface area contributed by atoms with Crippen molar-refractivity contribution in [3.8, 4) is 0 Å². The first-order valence-corrected chi connectivity index (χ1v) is 11.4. The number of aliphatic carboxylic acids is 2. The van der Waals surface area contributed by atoms with Crippen molar-refractivity contribution in [3.63, 3.8) is 0 Å². The van der Waals surface area contributed by atoms with Crippen molar-refractivity contribution in [2.75, 3.05) is 44.3 Å².